The molecule has 130 valence electrons. The monoisotopic (exact) mass is 374 g/mol. The molecular weight excluding hydrogens is 355 g/mol. The lowest BCUT2D eigenvalue weighted by Crippen LogP contribution is -2.47. The van der Waals surface area contributed by atoms with Crippen LogP contribution < -0.4 is 4.90 Å². The number of H-pyrrole nitrogens is 1. The molecule has 0 bridgehead atoms. The second kappa shape index (κ2) is 7.24. The molecule has 1 fully saturated rings. The van der Waals surface area contributed by atoms with E-state index < -0.39 is 0 Å². The lowest BCUT2D eigenvalue weighted by atomic mass is 10.1. The van der Waals surface area contributed by atoms with E-state index in [4.69, 9.17) is 23.2 Å². The summed E-state index contributed by atoms with van der Waals surface area (Å²) in [5.41, 5.74) is 2.48. The highest BCUT2D eigenvalue weighted by Gasteiger charge is 2.18. The van der Waals surface area contributed by atoms with Crippen molar-refractivity contribution in [2.75, 3.05) is 37.6 Å². The number of hydrogen-bond acceptors (Lipinski definition) is 3. The minimum atomic E-state index is 0.554. The third-order valence-corrected chi connectivity index (χ3v) is 5.27. The maximum Gasteiger partial charge on any atom is 0.131 e. The van der Waals surface area contributed by atoms with Crippen LogP contribution in [0.3, 0.4) is 0 Å². The number of aromatic amines is 1. The van der Waals surface area contributed by atoms with Gasteiger partial charge in [0.1, 0.15) is 11.0 Å². The number of fused-ring (bicyclic) bond motifs is 1. The topological polar surface area (TPSA) is 35.2 Å². The van der Waals surface area contributed by atoms with Crippen LogP contribution in [0.25, 0.3) is 10.9 Å². The van der Waals surface area contributed by atoms with E-state index >= 15 is 0 Å². The number of nitrogens with one attached hydrogen (secondary N) is 1. The zero-order valence-corrected chi connectivity index (χ0v) is 15.4. The molecule has 0 unspecified atom stereocenters. The molecule has 0 atom stereocenters. The number of pyridine rings is 1. The molecule has 4 rings (SSSR count). The van der Waals surface area contributed by atoms with E-state index in [2.05, 4.69) is 26.0 Å². The van der Waals surface area contributed by atoms with Crippen molar-refractivity contribution >= 4 is 39.9 Å². The lowest BCUT2D eigenvalue weighted by molar-refractivity contribution is 0.260. The third kappa shape index (κ3) is 3.76. The van der Waals surface area contributed by atoms with E-state index in [0.717, 1.165) is 55.5 Å². The molecule has 0 aliphatic carbocycles. The fraction of sp³-hybridized carbons (Fsp3) is 0.316. The van der Waals surface area contributed by atoms with Gasteiger partial charge >= 0.3 is 0 Å². The van der Waals surface area contributed by atoms with Crippen LogP contribution in [0.15, 0.2) is 42.6 Å². The molecule has 1 N–H and O–H groups in total. The Morgan fingerprint density at radius 2 is 1.88 bits per heavy atom. The summed E-state index contributed by atoms with van der Waals surface area (Å²) in [6.45, 7) is 5.09. The molecule has 1 aromatic carbocycles. The van der Waals surface area contributed by atoms with Gasteiger partial charge in [0.25, 0.3) is 0 Å². The van der Waals surface area contributed by atoms with E-state index in [1.165, 1.54) is 10.9 Å². The molecule has 2 aromatic heterocycles. The number of aromatic nitrogens is 2. The first-order valence-corrected chi connectivity index (χ1v) is 9.30. The highest BCUT2D eigenvalue weighted by atomic mass is 35.5. The smallest absolute Gasteiger partial charge is 0.131 e. The minimum Gasteiger partial charge on any atom is -0.361 e. The maximum atomic E-state index is 6.14. The van der Waals surface area contributed by atoms with Crippen LogP contribution in [-0.4, -0.2) is 47.6 Å². The van der Waals surface area contributed by atoms with Gasteiger partial charge in [0, 0.05) is 54.8 Å². The Balaban J connectivity index is 1.35. The first kappa shape index (κ1) is 16.7. The highest BCUT2D eigenvalue weighted by Crippen LogP contribution is 2.23. The van der Waals surface area contributed by atoms with E-state index in [1.54, 1.807) is 0 Å². The van der Waals surface area contributed by atoms with Crippen LogP contribution in [0.1, 0.15) is 5.56 Å². The van der Waals surface area contributed by atoms with Crippen molar-refractivity contribution in [3.05, 3.63) is 58.3 Å². The molecule has 3 aromatic rings. The number of halogens is 2. The molecular formula is C19H20Cl2N4. The average molecular weight is 375 g/mol. The largest absolute Gasteiger partial charge is 0.361 e. The van der Waals surface area contributed by atoms with Crippen LogP contribution in [0.4, 0.5) is 5.82 Å². The predicted octanol–water partition coefficient (Wildman–Crippen LogP) is 4.23. The molecule has 1 saturated heterocycles. The maximum absolute atomic E-state index is 6.14. The number of piperazine rings is 1. The van der Waals surface area contributed by atoms with E-state index in [-0.39, 0.29) is 0 Å². The van der Waals surface area contributed by atoms with Gasteiger partial charge in [0.15, 0.2) is 0 Å². The summed E-state index contributed by atoms with van der Waals surface area (Å²) in [6, 6.07) is 11.8. The fourth-order valence-electron chi connectivity index (χ4n) is 3.41. The molecule has 0 saturated carbocycles. The Morgan fingerprint density at radius 1 is 1.04 bits per heavy atom. The molecule has 0 spiro atoms. The quantitative estimate of drug-likeness (QED) is 0.693. The SMILES string of the molecule is Clc1ccc2[nH]cc(CCN3CCN(c4cccc(Cl)n4)CC3)c2c1. The van der Waals surface area contributed by atoms with Crippen LogP contribution in [0.5, 0.6) is 0 Å². The second-order valence-electron chi connectivity index (χ2n) is 6.40. The highest BCUT2D eigenvalue weighted by molar-refractivity contribution is 6.31. The van der Waals surface area contributed by atoms with Gasteiger partial charge in [-0.3, -0.25) is 4.90 Å². The van der Waals surface area contributed by atoms with Crippen molar-refractivity contribution in [1.82, 2.24) is 14.9 Å². The zero-order valence-electron chi connectivity index (χ0n) is 13.9. The number of hydrogen-bond donors (Lipinski definition) is 1. The van der Waals surface area contributed by atoms with Gasteiger partial charge in [-0.1, -0.05) is 29.3 Å². The van der Waals surface area contributed by atoms with Crippen molar-refractivity contribution in [2.45, 2.75) is 6.42 Å². The van der Waals surface area contributed by atoms with Crippen LogP contribution in [0, 0.1) is 0 Å². The summed E-state index contributed by atoms with van der Waals surface area (Å²) < 4.78 is 0. The molecule has 3 heterocycles. The van der Waals surface area contributed by atoms with E-state index in [1.807, 2.05) is 36.4 Å². The molecule has 0 radical (unpaired) electrons. The lowest BCUT2D eigenvalue weighted by Gasteiger charge is -2.35. The Kier molecular flexibility index (Phi) is 4.84. The summed E-state index contributed by atoms with van der Waals surface area (Å²) in [7, 11) is 0. The third-order valence-electron chi connectivity index (χ3n) is 4.82. The summed E-state index contributed by atoms with van der Waals surface area (Å²) in [5.74, 6) is 0.971. The standard InChI is InChI=1S/C19H20Cl2N4/c20-15-4-5-17-16(12-15)14(13-22-17)6-7-24-8-10-25(11-9-24)19-3-1-2-18(21)23-19/h1-5,12-13,22H,6-11H2. The van der Waals surface area contributed by atoms with Crippen molar-refractivity contribution < 1.29 is 0 Å². The van der Waals surface area contributed by atoms with E-state index in [0.29, 0.717) is 5.15 Å². The number of nitrogens with zero attached hydrogens (tertiary/aromatic N) is 3. The van der Waals surface area contributed by atoms with Gasteiger partial charge < -0.3 is 9.88 Å². The minimum absolute atomic E-state index is 0.554. The fourth-order valence-corrected chi connectivity index (χ4v) is 3.74. The number of rotatable bonds is 4. The van der Waals surface area contributed by atoms with Crippen molar-refractivity contribution in [1.29, 1.82) is 0 Å². The van der Waals surface area contributed by atoms with Gasteiger partial charge in [-0.15, -0.1) is 0 Å². The molecule has 4 nitrogen and oxygen atoms in total. The molecule has 6 heteroatoms. The number of benzene rings is 1. The summed E-state index contributed by atoms with van der Waals surface area (Å²) in [6.07, 6.45) is 3.13. The first-order chi connectivity index (χ1) is 12.2. The van der Waals surface area contributed by atoms with Gasteiger partial charge in [0.2, 0.25) is 0 Å². The zero-order chi connectivity index (χ0) is 17.2. The van der Waals surface area contributed by atoms with Gasteiger partial charge in [-0.05, 0) is 42.3 Å². The molecule has 1 aliphatic heterocycles. The van der Waals surface area contributed by atoms with Crippen LogP contribution >= 0.6 is 23.2 Å². The van der Waals surface area contributed by atoms with Gasteiger partial charge in [0.05, 0.1) is 0 Å². The molecule has 1 aliphatic rings. The molecule has 0 amide bonds. The Labute approximate surface area is 157 Å². The number of anilines is 1. The van der Waals surface area contributed by atoms with Gasteiger partial charge in [-0.2, -0.15) is 0 Å². The Bertz CT molecular complexity index is 869. The summed E-state index contributed by atoms with van der Waals surface area (Å²) in [5, 5.41) is 2.57. The molecule has 25 heavy (non-hydrogen) atoms. The van der Waals surface area contributed by atoms with Crippen molar-refractivity contribution in [3.63, 3.8) is 0 Å². The summed E-state index contributed by atoms with van der Waals surface area (Å²) >= 11 is 12.1. The summed E-state index contributed by atoms with van der Waals surface area (Å²) in [4.78, 5) is 12.5. The van der Waals surface area contributed by atoms with Crippen LogP contribution in [-0.2, 0) is 6.42 Å². The first-order valence-electron chi connectivity index (χ1n) is 8.54. The van der Waals surface area contributed by atoms with Crippen molar-refractivity contribution in [2.24, 2.45) is 0 Å². The predicted molar refractivity (Wildman–Crippen MR) is 105 cm³/mol. The normalized spacial score (nSPS) is 15.8. The Hall–Kier alpha value is -1.75. The van der Waals surface area contributed by atoms with E-state index in [9.17, 15) is 0 Å². The average Bonchev–Trinajstić information content (AvgIpc) is 3.02. The van der Waals surface area contributed by atoms with Crippen molar-refractivity contribution in [3.8, 4) is 0 Å². The van der Waals surface area contributed by atoms with Gasteiger partial charge in [-0.25, -0.2) is 4.98 Å². The second-order valence-corrected chi connectivity index (χ2v) is 7.22. The Morgan fingerprint density at radius 3 is 2.68 bits per heavy atom. The van der Waals surface area contributed by atoms with Crippen LogP contribution in [0.2, 0.25) is 10.2 Å².